The van der Waals surface area contributed by atoms with E-state index in [0.717, 1.165) is 6.54 Å². The molecule has 1 heterocycles. The molecule has 0 saturated heterocycles. The molecule has 0 amide bonds. The number of aromatic carboxylic acids is 1. The summed E-state index contributed by atoms with van der Waals surface area (Å²) in [6.07, 6.45) is 1.24. The van der Waals surface area contributed by atoms with Gasteiger partial charge in [0, 0.05) is 13.2 Å². The number of rotatable bonds is 7. The van der Waals surface area contributed by atoms with E-state index in [0.29, 0.717) is 25.5 Å². The van der Waals surface area contributed by atoms with Crippen molar-refractivity contribution in [2.45, 2.75) is 13.5 Å². The predicted molar refractivity (Wildman–Crippen MR) is 53.9 cm³/mol. The van der Waals surface area contributed by atoms with E-state index in [1.807, 2.05) is 6.92 Å². The van der Waals surface area contributed by atoms with Gasteiger partial charge in [0.1, 0.15) is 12.0 Å². The molecular weight excluding hydrogens is 198 g/mol. The van der Waals surface area contributed by atoms with Crippen LogP contribution in [0.3, 0.4) is 0 Å². The van der Waals surface area contributed by atoms with Crippen LogP contribution >= 0.6 is 0 Å². The van der Waals surface area contributed by atoms with Gasteiger partial charge in [0.15, 0.2) is 0 Å². The highest BCUT2D eigenvalue weighted by Crippen LogP contribution is 2.06. The molecule has 2 N–H and O–H groups in total. The Labute approximate surface area is 88.0 Å². The van der Waals surface area contributed by atoms with Crippen LogP contribution in [0.25, 0.3) is 0 Å². The lowest BCUT2D eigenvalue weighted by molar-refractivity contribution is 0.0696. The minimum Gasteiger partial charge on any atom is -0.478 e. The lowest BCUT2D eigenvalue weighted by Crippen LogP contribution is -2.18. The number of hydrogen-bond donors (Lipinski definition) is 2. The van der Waals surface area contributed by atoms with E-state index in [4.69, 9.17) is 14.3 Å². The number of carboxylic acid groups (broad SMARTS) is 1. The van der Waals surface area contributed by atoms with E-state index in [1.54, 1.807) is 0 Å². The molecule has 0 atom stereocenters. The first kappa shape index (κ1) is 11.7. The Morgan fingerprint density at radius 3 is 3.07 bits per heavy atom. The molecule has 84 valence electrons. The van der Waals surface area contributed by atoms with E-state index in [2.05, 4.69) is 5.32 Å². The molecule has 0 spiro atoms. The van der Waals surface area contributed by atoms with Crippen molar-refractivity contribution >= 4 is 5.97 Å². The molecule has 1 aromatic rings. The van der Waals surface area contributed by atoms with Gasteiger partial charge in [0.05, 0.1) is 18.7 Å². The van der Waals surface area contributed by atoms with Gasteiger partial charge in [0.2, 0.25) is 0 Å². The second kappa shape index (κ2) is 6.21. The van der Waals surface area contributed by atoms with E-state index >= 15 is 0 Å². The molecule has 0 bridgehead atoms. The largest absolute Gasteiger partial charge is 0.478 e. The highest BCUT2D eigenvalue weighted by atomic mass is 16.5. The van der Waals surface area contributed by atoms with Crippen molar-refractivity contribution in [2.75, 3.05) is 19.8 Å². The molecule has 1 aromatic heterocycles. The Balaban J connectivity index is 2.23. The molecule has 5 heteroatoms. The minimum atomic E-state index is -0.973. The molecule has 0 aliphatic heterocycles. The van der Waals surface area contributed by atoms with E-state index < -0.39 is 5.97 Å². The second-order valence-electron chi connectivity index (χ2n) is 2.98. The van der Waals surface area contributed by atoms with Gasteiger partial charge in [-0.15, -0.1) is 0 Å². The van der Waals surface area contributed by atoms with Gasteiger partial charge >= 0.3 is 5.97 Å². The lowest BCUT2D eigenvalue weighted by Gasteiger charge is -2.01. The molecule has 1 rings (SSSR count). The highest BCUT2D eigenvalue weighted by Gasteiger charge is 2.07. The van der Waals surface area contributed by atoms with E-state index in [-0.39, 0.29) is 5.56 Å². The van der Waals surface area contributed by atoms with Gasteiger partial charge in [-0.05, 0) is 13.0 Å². The van der Waals surface area contributed by atoms with Crippen LogP contribution in [0.1, 0.15) is 23.0 Å². The molecule has 0 fully saturated rings. The third kappa shape index (κ3) is 4.14. The molecule has 15 heavy (non-hydrogen) atoms. The Bertz CT molecular complexity index is 308. The summed E-state index contributed by atoms with van der Waals surface area (Å²) in [6, 6.07) is 1.51. The van der Waals surface area contributed by atoms with Crippen LogP contribution in [0.4, 0.5) is 0 Å². The Kier molecular flexibility index (Phi) is 4.86. The van der Waals surface area contributed by atoms with Crippen LogP contribution in [0.15, 0.2) is 16.7 Å². The number of furan rings is 1. The second-order valence-corrected chi connectivity index (χ2v) is 2.98. The zero-order chi connectivity index (χ0) is 11.1. The summed E-state index contributed by atoms with van der Waals surface area (Å²) in [5.74, 6) is -0.358. The van der Waals surface area contributed by atoms with Crippen molar-refractivity contribution in [2.24, 2.45) is 0 Å². The van der Waals surface area contributed by atoms with E-state index in [9.17, 15) is 4.79 Å². The number of hydrogen-bond acceptors (Lipinski definition) is 4. The van der Waals surface area contributed by atoms with Gasteiger partial charge in [-0.1, -0.05) is 0 Å². The van der Waals surface area contributed by atoms with Crippen molar-refractivity contribution in [3.63, 3.8) is 0 Å². The standard InChI is InChI=1S/C10H15NO4/c1-2-14-4-3-11-6-9-5-8(7-15-9)10(12)13/h5,7,11H,2-4,6H2,1H3,(H,12,13). The van der Waals surface area contributed by atoms with Gasteiger partial charge in [-0.3, -0.25) is 0 Å². The molecule has 5 nitrogen and oxygen atoms in total. The smallest absolute Gasteiger partial charge is 0.338 e. The Hall–Kier alpha value is -1.33. The summed E-state index contributed by atoms with van der Waals surface area (Å²) < 4.78 is 10.2. The normalized spacial score (nSPS) is 10.5. The van der Waals surface area contributed by atoms with Gasteiger partial charge in [-0.25, -0.2) is 4.79 Å². The van der Waals surface area contributed by atoms with Gasteiger partial charge in [0.25, 0.3) is 0 Å². The fraction of sp³-hybridized carbons (Fsp3) is 0.500. The number of nitrogens with one attached hydrogen (secondary N) is 1. The van der Waals surface area contributed by atoms with Crippen LogP contribution in [-0.4, -0.2) is 30.8 Å². The van der Waals surface area contributed by atoms with Crippen LogP contribution < -0.4 is 5.32 Å². The van der Waals surface area contributed by atoms with Crippen molar-refractivity contribution in [3.05, 3.63) is 23.7 Å². The molecule has 0 saturated carbocycles. The molecule has 0 aliphatic carbocycles. The molecule has 0 aromatic carbocycles. The fourth-order valence-electron chi connectivity index (χ4n) is 1.09. The first-order valence-electron chi connectivity index (χ1n) is 4.83. The van der Waals surface area contributed by atoms with Gasteiger partial charge < -0.3 is 19.6 Å². The van der Waals surface area contributed by atoms with Crippen molar-refractivity contribution in [3.8, 4) is 0 Å². The first-order valence-corrected chi connectivity index (χ1v) is 4.83. The summed E-state index contributed by atoms with van der Waals surface area (Å²) >= 11 is 0. The fourth-order valence-corrected chi connectivity index (χ4v) is 1.09. The average Bonchev–Trinajstić information content (AvgIpc) is 2.66. The maximum Gasteiger partial charge on any atom is 0.338 e. The average molecular weight is 213 g/mol. The molecule has 0 radical (unpaired) electrons. The molecular formula is C10H15NO4. The summed E-state index contributed by atoms with van der Waals surface area (Å²) in [4.78, 5) is 10.5. The van der Waals surface area contributed by atoms with Crippen LogP contribution in [0.5, 0.6) is 0 Å². The highest BCUT2D eigenvalue weighted by molar-refractivity contribution is 5.87. The maximum atomic E-state index is 10.5. The Morgan fingerprint density at radius 1 is 1.67 bits per heavy atom. The number of carbonyl (C=O) groups is 1. The van der Waals surface area contributed by atoms with Crippen molar-refractivity contribution in [1.29, 1.82) is 0 Å². The molecule has 0 aliphatic rings. The van der Waals surface area contributed by atoms with Crippen LogP contribution in [0, 0.1) is 0 Å². The SMILES string of the molecule is CCOCCNCc1cc(C(=O)O)co1. The predicted octanol–water partition coefficient (Wildman–Crippen LogP) is 1.10. The quantitative estimate of drug-likeness (QED) is 0.664. The zero-order valence-corrected chi connectivity index (χ0v) is 8.66. The number of ether oxygens (including phenoxy) is 1. The molecule has 0 unspecified atom stereocenters. The third-order valence-electron chi connectivity index (χ3n) is 1.83. The maximum absolute atomic E-state index is 10.5. The van der Waals surface area contributed by atoms with Gasteiger partial charge in [-0.2, -0.15) is 0 Å². The van der Waals surface area contributed by atoms with Crippen molar-refractivity contribution in [1.82, 2.24) is 5.32 Å². The Morgan fingerprint density at radius 2 is 2.47 bits per heavy atom. The summed E-state index contributed by atoms with van der Waals surface area (Å²) in [7, 11) is 0. The van der Waals surface area contributed by atoms with E-state index in [1.165, 1.54) is 12.3 Å². The monoisotopic (exact) mass is 213 g/mol. The summed E-state index contributed by atoms with van der Waals surface area (Å²) in [6.45, 7) is 4.51. The minimum absolute atomic E-state index is 0.177. The third-order valence-corrected chi connectivity index (χ3v) is 1.83. The lowest BCUT2D eigenvalue weighted by atomic mass is 10.3. The van der Waals surface area contributed by atoms with Crippen LogP contribution in [-0.2, 0) is 11.3 Å². The topological polar surface area (TPSA) is 71.7 Å². The zero-order valence-electron chi connectivity index (χ0n) is 8.66. The first-order chi connectivity index (χ1) is 7.24. The number of carboxylic acids is 1. The van der Waals surface area contributed by atoms with Crippen LogP contribution in [0.2, 0.25) is 0 Å². The summed E-state index contributed by atoms with van der Waals surface area (Å²) in [5.41, 5.74) is 0.177. The van der Waals surface area contributed by atoms with Crippen molar-refractivity contribution < 1.29 is 19.1 Å². The summed E-state index contributed by atoms with van der Waals surface area (Å²) in [5, 5.41) is 11.7.